The van der Waals surface area contributed by atoms with E-state index in [1.54, 1.807) is 0 Å². The molecule has 9 nitrogen and oxygen atoms in total. The number of unbranched alkanes of at least 4 members (excludes halogenated alkanes) is 13. The van der Waals surface area contributed by atoms with Crippen molar-refractivity contribution in [1.29, 1.82) is 0 Å². The topological polar surface area (TPSA) is 111 Å². The Labute approximate surface area is 551 Å². The molecule has 0 saturated carbocycles. The first-order valence-electron chi connectivity index (χ1n) is 34.8. The van der Waals surface area contributed by atoms with Crippen molar-refractivity contribution < 1.29 is 42.1 Å². The molecule has 0 aromatic heterocycles. The number of carbonyl (C=O) groups excluding carboxylic acids is 2. The smallest absolute Gasteiger partial charge is 0.306 e. The number of ether oxygens (including phenoxy) is 2. The van der Waals surface area contributed by atoms with Gasteiger partial charge in [-0.15, -0.1) is 0 Å². The Bertz CT molecular complexity index is 2270. The third-order valence-electron chi connectivity index (χ3n) is 13.8. The van der Waals surface area contributed by atoms with Crippen LogP contribution >= 0.6 is 7.82 Å². The van der Waals surface area contributed by atoms with E-state index in [9.17, 15) is 19.0 Å². The van der Waals surface area contributed by atoms with Gasteiger partial charge in [0.15, 0.2) is 6.10 Å². The summed E-state index contributed by atoms with van der Waals surface area (Å²) >= 11 is 0. The highest BCUT2D eigenvalue weighted by molar-refractivity contribution is 7.45. The number of allylic oxidation sites excluding steroid dienone is 34. The van der Waals surface area contributed by atoms with Crippen molar-refractivity contribution in [2.24, 2.45) is 0 Å². The molecule has 2 atom stereocenters. The Morgan fingerprint density at radius 1 is 0.344 bits per heavy atom. The summed E-state index contributed by atoms with van der Waals surface area (Å²) in [4.78, 5) is 38.1. The van der Waals surface area contributed by atoms with E-state index in [-0.39, 0.29) is 26.1 Å². The summed E-state index contributed by atoms with van der Waals surface area (Å²) < 4.78 is 34.3. The fraction of sp³-hybridized carbons (Fsp3) is 0.550. The molecule has 0 radical (unpaired) electrons. The van der Waals surface area contributed by atoms with Gasteiger partial charge in [-0.1, -0.05) is 278 Å². The van der Waals surface area contributed by atoms with Gasteiger partial charge in [0.1, 0.15) is 19.8 Å². The molecule has 0 rings (SSSR count). The fourth-order valence-corrected chi connectivity index (χ4v) is 9.27. The van der Waals surface area contributed by atoms with Gasteiger partial charge in [0.25, 0.3) is 7.82 Å². The lowest BCUT2D eigenvalue weighted by Crippen LogP contribution is -2.37. The van der Waals surface area contributed by atoms with Crippen LogP contribution in [0.3, 0.4) is 0 Å². The summed E-state index contributed by atoms with van der Waals surface area (Å²) in [6, 6.07) is 0. The Morgan fingerprint density at radius 2 is 0.600 bits per heavy atom. The first kappa shape index (κ1) is 84.6. The van der Waals surface area contributed by atoms with Gasteiger partial charge >= 0.3 is 11.9 Å². The number of likely N-dealkylation sites (N-methyl/N-ethyl adjacent to an activating group) is 1. The molecule has 0 heterocycles. The van der Waals surface area contributed by atoms with Gasteiger partial charge in [-0.3, -0.25) is 14.2 Å². The number of phosphoric ester groups is 1. The number of carbonyl (C=O) groups is 2. The largest absolute Gasteiger partial charge is 0.756 e. The normalized spacial score (nSPS) is 14.4. The summed E-state index contributed by atoms with van der Waals surface area (Å²) in [7, 11) is 1.11. The molecule has 0 aromatic rings. The average molecular weight is 1260 g/mol. The number of esters is 2. The van der Waals surface area contributed by atoms with E-state index < -0.39 is 32.5 Å². The third kappa shape index (κ3) is 71.7. The summed E-state index contributed by atoms with van der Waals surface area (Å²) in [6.07, 6.45) is 107. The zero-order chi connectivity index (χ0) is 65.5. The van der Waals surface area contributed by atoms with Crippen LogP contribution in [0.1, 0.15) is 232 Å². The lowest BCUT2D eigenvalue weighted by Gasteiger charge is -2.28. The molecule has 0 spiro atoms. The molecule has 0 N–H and O–H groups in total. The SMILES string of the molecule is CC/C=C\C/C=C\C/C=C\C/C=C\C/C=C\C/C=C\C/C=C\C/C=C\C/C=C\CCCCCCCC(=O)OC(COC(=O)CCCCCCCCCC/C=C\C/C=C\C/C=C\C/C=C\C/C=C\C/C=C\C/C=C\C/C=C\CC)COP(=O)([O-])OCC[N+](C)(C)C. The van der Waals surface area contributed by atoms with Gasteiger partial charge in [-0.25, -0.2) is 0 Å². The maximum absolute atomic E-state index is 12.9. The van der Waals surface area contributed by atoms with E-state index in [1.807, 2.05) is 21.1 Å². The average Bonchev–Trinajstić information content (AvgIpc) is 3.58. The van der Waals surface area contributed by atoms with Crippen LogP contribution in [0, 0.1) is 0 Å². The molecule has 2 unspecified atom stereocenters. The number of phosphoric acid groups is 1. The van der Waals surface area contributed by atoms with Crippen molar-refractivity contribution in [3.8, 4) is 0 Å². The minimum absolute atomic E-state index is 0.0486. The van der Waals surface area contributed by atoms with E-state index in [0.29, 0.717) is 23.9 Å². The molecule has 0 amide bonds. The molecule has 90 heavy (non-hydrogen) atoms. The van der Waals surface area contributed by atoms with E-state index >= 15 is 0 Å². The minimum Gasteiger partial charge on any atom is -0.756 e. The van der Waals surface area contributed by atoms with Gasteiger partial charge in [-0.2, -0.15) is 0 Å². The fourth-order valence-electron chi connectivity index (χ4n) is 8.55. The number of hydrogen-bond acceptors (Lipinski definition) is 8. The van der Waals surface area contributed by atoms with Crippen molar-refractivity contribution in [3.63, 3.8) is 0 Å². The Hall–Kier alpha value is -5.41. The highest BCUT2D eigenvalue weighted by Gasteiger charge is 2.22. The first-order chi connectivity index (χ1) is 44.0. The van der Waals surface area contributed by atoms with E-state index in [4.69, 9.17) is 18.5 Å². The molecule has 0 aliphatic carbocycles. The monoisotopic (exact) mass is 1260 g/mol. The molecular formula is C80H126NO8P. The standard InChI is InChI=1S/C80H126NO8P/c1-6-8-10-12-14-16-18-20-22-24-26-28-30-32-34-36-38-40-42-44-46-48-50-52-54-56-58-60-62-64-66-68-70-72-79(82)86-76-78(77-88-90(84,85)87-75-74-81(3,4)5)89-80(83)73-71-69-67-65-63-61-59-57-55-53-51-49-47-45-43-41-39-37-35-33-31-29-27-25-23-21-19-17-15-13-11-9-7-2/h8-11,14-17,20-23,26-29,32-35,38-41,44-47,50-53,57,59,78H,6-7,12-13,18-19,24-25,30-31,36-37,42-43,48-49,54-56,58,60-77H2,1-5H3/b10-8-,11-9-,16-14-,17-15-,22-20-,23-21-,28-26-,29-27-,34-32-,35-33-,40-38-,41-39-,46-44-,47-45-,52-50-,53-51-,59-57-. The number of quaternary nitrogens is 1. The number of rotatable bonds is 61. The van der Waals surface area contributed by atoms with E-state index in [2.05, 4.69) is 220 Å². The van der Waals surface area contributed by atoms with Crippen molar-refractivity contribution in [3.05, 3.63) is 207 Å². The molecular weight excluding hydrogens is 1130 g/mol. The van der Waals surface area contributed by atoms with Crippen LogP contribution in [0.25, 0.3) is 0 Å². The van der Waals surface area contributed by atoms with Crippen LogP contribution in [-0.2, 0) is 32.7 Å². The number of hydrogen-bond donors (Lipinski definition) is 0. The number of nitrogens with zero attached hydrogens (tertiary/aromatic N) is 1. The van der Waals surface area contributed by atoms with Crippen LogP contribution in [0.15, 0.2) is 207 Å². The quantitative estimate of drug-likeness (QED) is 0.0195. The second-order valence-electron chi connectivity index (χ2n) is 23.4. The van der Waals surface area contributed by atoms with E-state index in [1.165, 1.54) is 25.7 Å². The zero-order valence-electron chi connectivity index (χ0n) is 57.2. The van der Waals surface area contributed by atoms with Crippen molar-refractivity contribution in [1.82, 2.24) is 0 Å². The molecule has 0 aromatic carbocycles. The van der Waals surface area contributed by atoms with Crippen LogP contribution in [-0.4, -0.2) is 70.0 Å². The summed E-state index contributed by atoms with van der Waals surface area (Å²) in [5.74, 6) is -0.882. The Balaban J connectivity index is 4.22. The summed E-state index contributed by atoms with van der Waals surface area (Å²) in [5, 5.41) is 0. The highest BCUT2D eigenvalue weighted by Crippen LogP contribution is 2.38. The van der Waals surface area contributed by atoms with Crippen molar-refractivity contribution in [2.75, 3.05) is 47.5 Å². The summed E-state index contributed by atoms with van der Waals surface area (Å²) in [5.41, 5.74) is 0. The predicted molar refractivity (Wildman–Crippen MR) is 387 cm³/mol. The highest BCUT2D eigenvalue weighted by atomic mass is 31.2. The lowest BCUT2D eigenvalue weighted by molar-refractivity contribution is -0.870. The Morgan fingerprint density at radius 3 is 0.889 bits per heavy atom. The minimum atomic E-state index is -4.67. The molecule has 0 bridgehead atoms. The molecule has 0 aliphatic heterocycles. The van der Waals surface area contributed by atoms with Gasteiger partial charge in [-0.05, 0) is 148 Å². The van der Waals surface area contributed by atoms with Gasteiger partial charge in [0, 0.05) is 12.8 Å². The molecule has 0 aliphatic rings. The predicted octanol–water partition coefficient (Wildman–Crippen LogP) is 22.4. The molecule has 10 heteroatoms. The van der Waals surface area contributed by atoms with Crippen molar-refractivity contribution >= 4 is 19.8 Å². The van der Waals surface area contributed by atoms with Crippen LogP contribution < -0.4 is 4.89 Å². The maximum atomic E-state index is 12.9. The second-order valence-corrected chi connectivity index (χ2v) is 24.8. The van der Waals surface area contributed by atoms with Crippen LogP contribution in [0.5, 0.6) is 0 Å². The molecule has 0 fully saturated rings. The van der Waals surface area contributed by atoms with Gasteiger partial charge < -0.3 is 27.9 Å². The van der Waals surface area contributed by atoms with E-state index in [0.717, 1.165) is 167 Å². The summed E-state index contributed by atoms with van der Waals surface area (Å²) in [6.45, 7) is 3.95. The first-order valence-corrected chi connectivity index (χ1v) is 36.3. The van der Waals surface area contributed by atoms with Gasteiger partial charge in [0.05, 0.1) is 27.7 Å². The van der Waals surface area contributed by atoms with Crippen molar-refractivity contribution in [2.45, 2.75) is 238 Å². The third-order valence-corrected chi connectivity index (χ3v) is 14.8. The Kier molecular flexibility index (Phi) is 63.9. The molecule has 0 saturated heterocycles. The van der Waals surface area contributed by atoms with Crippen LogP contribution in [0.2, 0.25) is 0 Å². The maximum Gasteiger partial charge on any atom is 0.306 e. The molecule has 504 valence electrons. The van der Waals surface area contributed by atoms with Crippen LogP contribution in [0.4, 0.5) is 0 Å². The lowest BCUT2D eigenvalue weighted by atomic mass is 10.1. The van der Waals surface area contributed by atoms with Gasteiger partial charge in [0.2, 0.25) is 0 Å². The second kappa shape index (κ2) is 68.0. The zero-order valence-corrected chi connectivity index (χ0v) is 58.1.